The Kier molecular flexibility index (Phi) is 4.45. The van der Waals surface area contributed by atoms with Gasteiger partial charge >= 0.3 is 0 Å². The van der Waals surface area contributed by atoms with E-state index in [0.29, 0.717) is 0 Å². The quantitative estimate of drug-likeness (QED) is 0.534. The molecule has 1 amide bonds. The molecule has 11 heavy (non-hydrogen) atoms. The van der Waals surface area contributed by atoms with Gasteiger partial charge in [-0.05, 0) is 13.8 Å². The lowest BCUT2D eigenvalue weighted by atomic mass is 10.1. The highest BCUT2D eigenvalue weighted by Crippen LogP contribution is 1.94. The molecule has 1 unspecified atom stereocenters. The van der Waals surface area contributed by atoms with Crippen molar-refractivity contribution in [3.63, 3.8) is 0 Å². The summed E-state index contributed by atoms with van der Waals surface area (Å²) in [4.78, 5) is 21.5. The van der Waals surface area contributed by atoms with Gasteiger partial charge in [0.05, 0.1) is 12.5 Å². The second kappa shape index (κ2) is 4.85. The van der Waals surface area contributed by atoms with Crippen molar-refractivity contribution in [3.05, 3.63) is 0 Å². The Labute approximate surface area is 65.6 Å². The summed E-state index contributed by atoms with van der Waals surface area (Å²) < 4.78 is 0. The molecule has 0 aromatic heterocycles. The van der Waals surface area contributed by atoms with Gasteiger partial charge in [0.1, 0.15) is 5.78 Å². The summed E-state index contributed by atoms with van der Waals surface area (Å²) in [6.07, 6.45) is 0. The van der Waals surface area contributed by atoms with E-state index in [-0.39, 0.29) is 24.8 Å². The second-order valence-electron chi connectivity index (χ2n) is 2.35. The van der Waals surface area contributed by atoms with Crippen LogP contribution >= 0.6 is 0 Å². The first kappa shape index (κ1) is 10.1. The van der Waals surface area contributed by atoms with Crippen LogP contribution in [0.5, 0.6) is 0 Å². The maximum absolute atomic E-state index is 10.9. The van der Waals surface area contributed by atoms with Crippen LogP contribution in [0.4, 0.5) is 0 Å². The zero-order chi connectivity index (χ0) is 8.85. The van der Waals surface area contributed by atoms with Crippen LogP contribution in [0.2, 0.25) is 0 Å². The number of ketones is 1. The van der Waals surface area contributed by atoms with Crippen LogP contribution in [-0.4, -0.2) is 29.9 Å². The highest BCUT2D eigenvalue weighted by molar-refractivity contribution is 5.99. The first-order valence-corrected chi connectivity index (χ1v) is 3.48. The maximum atomic E-state index is 10.9. The van der Waals surface area contributed by atoms with Crippen LogP contribution in [0.3, 0.4) is 0 Å². The van der Waals surface area contributed by atoms with Crippen LogP contribution < -0.4 is 5.32 Å². The zero-order valence-corrected chi connectivity index (χ0v) is 6.76. The van der Waals surface area contributed by atoms with Crippen molar-refractivity contribution in [2.45, 2.75) is 13.8 Å². The van der Waals surface area contributed by atoms with Crippen molar-refractivity contribution in [1.82, 2.24) is 5.32 Å². The molecule has 4 nitrogen and oxygen atoms in total. The molecular weight excluding hydrogens is 146 g/mol. The van der Waals surface area contributed by atoms with E-state index in [9.17, 15) is 9.59 Å². The first-order valence-electron chi connectivity index (χ1n) is 3.48. The monoisotopic (exact) mass is 159 g/mol. The van der Waals surface area contributed by atoms with Crippen LogP contribution in [0.1, 0.15) is 13.8 Å². The fourth-order valence-corrected chi connectivity index (χ4v) is 0.517. The Morgan fingerprint density at radius 2 is 2.09 bits per heavy atom. The van der Waals surface area contributed by atoms with Gasteiger partial charge in [0, 0.05) is 6.54 Å². The number of aliphatic hydroxyl groups excluding tert-OH is 1. The number of carbonyl (C=O) groups excluding carboxylic acids is 2. The molecule has 0 saturated heterocycles. The van der Waals surface area contributed by atoms with Gasteiger partial charge in [-0.3, -0.25) is 9.59 Å². The molecule has 0 heterocycles. The minimum atomic E-state index is -0.610. The summed E-state index contributed by atoms with van der Waals surface area (Å²) in [7, 11) is 0. The number of nitrogens with one attached hydrogen (secondary N) is 1. The number of Topliss-reactive ketones (excluding diaryl/α,β-unsaturated/α-hetero) is 1. The van der Waals surface area contributed by atoms with Crippen LogP contribution in [0.25, 0.3) is 0 Å². The van der Waals surface area contributed by atoms with E-state index in [4.69, 9.17) is 5.11 Å². The lowest BCUT2D eigenvalue weighted by molar-refractivity contribution is -0.132. The van der Waals surface area contributed by atoms with E-state index < -0.39 is 5.92 Å². The fourth-order valence-electron chi connectivity index (χ4n) is 0.517. The summed E-state index contributed by atoms with van der Waals surface area (Å²) in [5.74, 6) is -1.10. The molecule has 0 spiro atoms. The molecule has 0 saturated carbocycles. The minimum absolute atomic E-state index is 0.101. The van der Waals surface area contributed by atoms with E-state index in [2.05, 4.69) is 5.32 Å². The number of aliphatic hydroxyl groups is 1. The lowest BCUT2D eigenvalue weighted by Crippen LogP contribution is -2.34. The smallest absolute Gasteiger partial charge is 0.230 e. The summed E-state index contributed by atoms with van der Waals surface area (Å²) >= 11 is 0. The van der Waals surface area contributed by atoms with E-state index in [0.717, 1.165) is 0 Å². The number of carbonyl (C=O) groups is 2. The van der Waals surface area contributed by atoms with Crippen LogP contribution in [0, 0.1) is 5.92 Å². The summed E-state index contributed by atoms with van der Waals surface area (Å²) in [6, 6.07) is 0. The fraction of sp³-hybridized carbons (Fsp3) is 0.714. The Balaban J connectivity index is 3.74. The maximum Gasteiger partial charge on any atom is 0.230 e. The molecule has 0 aromatic carbocycles. The normalized spacial score (nSPS) is 12.3. The molecule has 4 heteroatoms. The lowest BCUT2D eigenvalue weighted by Gasteiger charge is -2.06. The van der Waals surface area contributed by atoms with Gasteiger partial charge in [-0.2, -0.15) is 0 Å². The number of hydrogen-bond acceptors (Lipinski definition) is 3. The molecule has 0 fully saturated rings. The topological polar surface area (TPSA) is 66.4 Å². The Bertz CT molecular complexity index is 156. The third kappa shape index (κ3) is 3.72. The number of hydrogen-bond donors (Lipinski definition) is 2. The molecule has 64 valence electrons. The molecule has 0 aliphatic carbocycles. The van der Waals surface area contributed by atoms with E-state index in [1.165, 1.54) is 13.8 Å². The molecule has 0 aliphatic heterocycles. The zero-order valence-electron chi connectivity index (χ0n) is 6.76. The summed E-state index contributed by atoms with van der Waals surface area (Å²) in [6.45, 7) is 3.01. The van der Waals surface area contributed by atoms with Gasteiger partial charge in [-0.25, -0.2) is 0 Å². The van der Waals surface area contributed by atoms with Gasteiger partial charge < -0.3 is 10.4 Å². The molecule has 2 N–H and O–H groups in total. The minimum Gasteiger partial charge on any atom is -0.395 e. The highest BCUT2D eigenvalue weighted by atomic mass is 16.3. The van der Waals surface area contributed by atoms with Crippen LogP contribution in [-0.2, 0) is 9.59 Å². The van der Waals surface area contributed by atoms with Crippen molar-refractivity contribution in [1.29, 1.82) is 0 Å². The Morgan fingerprint density at radius 1 is 1.55 bits per heavy atom. The molecule has 0 rings (SSSR count). The van der Waals surface area contributed by atoms with Crippen molar-refractivity contribution in [2.75, 3.05) is 13.2 Å². The van der Waals surface area contributed by atoms with Gasteiger partial charge in [-0.15, -0.1) is 0 Å². The number of amides is 1. The Hall–Kier alpha value is -0.900. The molecule has 0 aromatic rings. The van der Waals surface area contributed by atoms with Gasteiger partial charge in [-0.1, -0.05) is 0 Å². The number of rotatable bonds is 4. The third-order valence-corrected chi connectivity index (χ3v) is 1.41. The van der Waals surface area contributed by atoms with E-state index >= 15 is 0 Å². The van der Waals surface area contributed by atoms with Crippen molar-refractivity contribution >= 4 is 11.7 Å². The average Bonchev–Trinajstić information content (AvgIpc) is 1.98. The first-order chi connectivity index (χ1) is 5.09. The van der Waals surface area contributed by atoms with E-state index in [1.807, 2.05) is 0 Å². The molecule has 0 bridgehead atoms. The third-order valence-electron chi connectivity index (χ3n) is 1.41. The van der Waals surface area contributed by atoms with Gasteiger partial charge in [0.25, 0.3) is 0 Å². The standard InChI is InChI=1S/C7H13NO3/c1-5(6(2)10)7(11)8-3-4-9/h5,9H,3-4H2,1-2H3,(H,8,11). The molecule has 0 radical (unpaired) electrons. The van der Waals surface area contributed by atoms with Gasteiger partial charge in [0.2, 0.25) is 5.91 Å². The molecular formula is C7H13NO3. The average molecular weight is 159 g/mol. The molecule has 0 aliphatic rings. The summed E-state index contributed by atoms with van der Waals surface area (Å²) in [5, 5.41) is 10.7. The highest BCUT2D eigenvalue weighted by Gasteiger charge is 2.15. The molecule has 1 atom stereocenters. The van der Waals surface area contributed by atoms with Crippen molar-refractivity contribution < 1.29 is 14.7 Å². The Morgan fingerprint density at radius 3 is 2.45 bits per heavy atom. The second-order valence-corrected chi connectivity index (χ2v) is 2.35. The van der Waals surface area contributed by atoms with Crippen molar-refractivity contribution in [2.24, 2.45) is 5.92 Å². The van der Waals surface area contributed by atoms with E-state index in [1.54, 1.807) is 0 Å². The summed E-state index contributed by atoms with van der Waals surface area (Å²) in [5.41, 5.74) is 0. The van der Waals surface area contributed by atoms with Crippen LogP contribution in [0.15, 0.2) is 0 Å². The largest absolute Gasteiger partial charge is 0.395 e. The van der Waals surface area contributed by atoms with Crippen molar-refractivity contribution in [3.8, 4) is 0 Å². The predicted octanol–water partition coefficient (Wildman–Crippen LogP) is -0.680. The SMILES string of the molecule is CC(=O)C(C)C(=O)NCCO. The van der Waals surface area contributed by atoms with Gasteiger partial charge in [0.15, 0.2) is 0 Å². The predicted molar refractivity (Wildman–Crippen MR) is 39.9 cm³/mol.